The Morgan fingerprint density at radius 1 is 1.85 bits per heavy atom. The molecule has 2 unspecified atom stereocenters. The van der Waals surface area contributed by atoms with Crippen LogP contribution < -0.4 is 5.73 Å². The summed E-state index contributed by atoms with van der Waals surface area (Å²) in [6.45, 7) is 1.48. The fourth-order valence-electron chi connectivity index (χ4n) is 1.00. The number of allylic oxidation sites excluding steroid dienone is 2. The first-order valence-corrected chi connectivity index (χ1v) is 4.99. The van der Waals surface area contributed by atoms with Crippen molar-refractivity contribution in [2.45, 2.75) is 18.5 Å². The van der Waals surface area contributed by atoms with Crippen molar-refractivity contribution in [2.75, 3.05) is 0 Å². The van der Waals surface area contributed by atoms with Crippen molar-refractivity contribution in [3.05, 3.63) is 30.9 Å². The molecular formula is C7H8ClIN2O2. The molecule has 2 N–H and O–H groups in total. The molecule has 1 aliphatic rings. The highest BCUT2D eigenvalue weighted by Crippen LogP contribution is 2.33. The summed E-state index contributed by atoms with van der Waals surface area (Å²) in [5.41, 5.74) is 4.38. The lowest BCUT2D eigenvalue weighted by Gasteiger charge is -2.25. The quantitative estimate of drug-likeness (QED) is 0.456. The highest BCUT2D eigenvalue weighted by atomic mass is 127. The number of nitrogens with zero attached hydrogens (tertiary/aromatic N) is 1. The van der Waals surface area contributed by atoms with Gasteiger partial charge in [0.1, 0.15) is 0 Å². The Kier molecular flexibility index (Phi) is 2.98. The first-order valence-electron chi connectivity index (χ1n) is 3.54. The molecule has 0 bridgehead atoms. The highest BCUT2D eigenvalue weighted by Gasteiger charge is 2.43. The third-order valence-corrected chi connectivity index (χ3v) is 3.58. The number of rotatable bonds is 1. The summed E-state index contributed by atoms with van der Waals surface area (Å²) in [7, 11) is 0. The molecule has 0 heterocycles. The largest absolute Gasteiger partial charge is 0.318 e. The van der Waals surface area contributed by atoms with Crippen LogP contribution in [0.5, 0.6) is 0 Å². The van der Waals surface area contributed by atoms with Crippen LogP contribution >= 0.6 is 34.2 Å². The second-order valence-corrected chi connectivity index (χ2v) is 4.58. The zero-order valence-electron chi connectivity index (χ0n) is 6.83. The normalized spacial score (nSPS) is 33.7. The van der Waals surface area contributed by atoms with E-state index in [1.54, 1.807) is 0 Å². The minimum absolute atomic E-state index is 0.393. The topological polar surface area (TPSA) is 69.2 Å². The van der Waals surface area contributed by atoms with E-state index in [1.165, 1.54) is 19.1 Å². The van der Waals surface area contributed by atoms with Crippen molar-refractivity contribution >= 4 is 34.2 Å². The van der Waals surface area contributed by atoms with Crippen LogP contribution in [0.1, 0.15) is 6.92 Å². The number of nitrogens with two attached hydrogens (primary N) is 1. The molecule has 1 aliphatic carbocycles. The Labute approximate surface area is 94.1 Å². The van der Waals surface area contributed by atoms with E-state index in [2.05, 4.69) is 0 Å². The SMILES string of the molecule is CC1([N+](=O)[O-])C=C(I)C(Cl)=CC1N. The molecular weight excluding hydrogens is 306 g/mol. The monoisotopic (exact) mass is 314 g/mol. The van der Waals surface area contributed by atoms with Gasteiger partial charge >= 0.3 is 0 Å². The molecule has 0 amide bonds. The van der Waals surface area contributed by atoms with Gasteiger partial charge in [0.25, 0.3) is 5.54 Å². The van der Waals surface area contributed by atoms with Crippen LogP contribution in [0.15, 0.2) is 20.8 Å². The van der Waals surface area contributed by atoms with Crippen molar-refractivity contribution in [2.24, 2.45) is 5.73 Å². The first kappa shape index (κ1) is 10.9. The predicted molar refractivity (Wildman–Crippen MR) is 59.4 cm³/mol. The Morgan fingerprint density at radius 2 is 2.38 bits per heavy atom. The number of nitro groups is 1. The smallest absolute Gasteiger partial charge is 0.257 e. The van der Waals surface area contributed by atoms with Gasteiger partial charge in [0.15, 0.2) is 0 Å². The number of hydrogen-bond acceptors (Lipinski definition) is 3. The molecule has 6 heteroatoms. The van der Waals surface area contributed by atoms with E-state index in [1.807, 2.05) is 22.6 Å². The minimum Gasteiger partial charge on any atom is -0.318 e. The Balaban J connectivity index is 3.12. The summed E-state index contributed by atoms with van der Waals surface area (Å²) in [6, 6.07) is -0.673. The molecule has 0 saturated carbocycles. The standard InChI is InChI=1S/C7H8ClIN2O2/c1-7(11(12)13)3-5(9)4(8)2-6(7)10/h2-3,6H,10H2,1H3. The summed E-state index contributed by atoms with van der Waals surface area (Å²) in [5, 5.41) is 11.2. The van der Waals surface area contributed by atoms with Gasteiger partial charge < -0.3 is 5.73 Å². The van der Waals surface area contributed by atoms with Gasteiger partial charge in [-0.2, -0.15) is 0 Å². The first-order chi connectivity index (χ1) is 5.88. The molecule has 72 valence electrons. The maximum absolute atomic E-state index is 10.7. The average Bonchev–Trinajstić information content (AvgIpc) is 2.01. The third kappa shape index (κ3) is 1.87. The van der Waals surface area contributed by atoms with E-state index in [0.29, 0.717) is 8.61 Å². The Morgan fingerprint density at radius 3 is 2.85 bits per heavy atom. The molecule has 0 aromatic rings. The summed E-state index contributed by atoms with van der Waals surface area (Å²) in [4.78, 5) is 10.4. The lowest BCUT2D eigenvalue weighted by molar-refractivity contribution is -0.552. The summed E-state index contributed by atoms with van der Waals surface area (Å²) in [6.07, 6.45) is 2.99. The van der Waals surface area contributed by atoms with E-state index in [4.69, 9.17) is 17.3 Å². The third-order valence-electron chi connectivity index (χ3n) is 2.04. The molecule has 1 rings (SSSR count). The maximum Gasteiger partial charge on any atom is 0.257 e. The van der Waals surface area contributed by atoms with Crippen LogP contribution in [-0.4, -0.2) is 16.5 Å². The average molecular weight is 315 g/mol. The van der Waals surface area contributed by atoms with E-state index >= 15 is 0 Å². The van der Waals surface area contributed by atoms with Gasteiger partial charge in [-0.25, -0.2) is 0 Å². The van der Waals surface area contributed by atoms with Gasteiger partial charge in [0.2, 0.25) is 0 Å². The fraction of sp³-hybridized carbons (Fsp3) is 0.429. The maximum atomic E-state index is 10.7. The van der Waals surface area contributed by atoms with Gasteiger partial charge in [0, 0.05) is 21.5 Å². The predicted octanol–water partition coefficient (Wildman–Crippen LogP) is 1.80. The summed E-state index contributed by atoms with van der Waals surface area (Å²) in [5.74, 6) is 0. The van der Waals surface area contributed by atoms with Crippen LogP contribution in [-0.2, 0) is 0 Å². The molecule has 0 fully saturated rings. The van der Waals surface area contributed by atoms with Gasteiger partial charge in [-0.1, -0.05) is 11.6 Å². The number of hydrogen-bond donors (Lipinski definition) is 1. The second-order valence-electron chi connectivity index (χ2n) is 3.02. The molecule has 0 aliphatic heterocycles. The van der Waals surface area contributed by atoms with Crippen LogP contribution in [0, 0.1) is 10.1 Å². The van der Waals surface area contributed by atoms with Crippen molar-refractivity contribution < 1.29 is 4.92 Å². The van der Waals surface area contributed by atoms with Gasteiger partial charge in [0.05, 0.1) is 11.1 Å². The zero-order chi connectivity index (χ0) is 10.2. The minimum atomic E-state index is -1.24. The molecule has 0 aromatic carbocycles. The van der Waals surface area contributed by atoms with E-state index in [-0.39, 0.29) is 0 Å². The van der Waals surface area contributed by atoms with Crippen molar-refractivity contribution in [1.29, 1.82) is 0 Å². The van der Waals surface area contributed by atoms with Crippen molar-refractivity contribution in [3.8, 4) is 0 Å². The molecule has 0 radical (unpaired) electrons. The summed E-state index contributed by atoms with van der Waals surface area (Å²) < 4.78 is 0.667. The van der Waals surface area contributed by atoms with Gasteiger partial charge in [-0.15, -0.1) is 0 Å². The second kappa shape index (κ2) is 3.55. The molecule has 2 atom stereocenters. The Hall–Kier alpha value is -0.140. The lowest BCUT2D eigenvalue weighted by atomic mass is 9.90. The Bertz CT molecular complexity index is 316. The van der Waals surface area contributed by atoms with Crippen molar-refractivity contribution in [1.82, 2.24) is 0 Å². The number of halogens is 2. The summed E-state index contributed by atoms with van der Waals surface area (Å²) >= 11 is 7.73. The molecule has 13 heavy (non-hydrogen) atoms. The van der Waals surface area contributed by atoms with Crippen LogP contribution in [0.4, 0.5) is 0 Å². The zero-order valence-corrected chi connectivity index (χ0v) is 9.74. The van der Waals surface area contributed by atoms with E-state index in [0.717, 1.165) is 0 Å². The lowest BCUT2D eigenvalue weighted by Crippen LogP contribution is -2.50. The van der Waals surface area contributed by atoms with E-state index in [9.17, 15) is 10.1 Å². The van der Waals surface area contributed by atoms with Crippen LogP contribution in [0.25, 0.3) is 0 Å². The van der Waals surface area contributed by atoms with Crippen molar-refractivity contribution in [3.63, 3.8) is 0 Å². The highest BCUT2D eigenvalue weighted by molar-refractivity contribution is 14.1. The van der Waals surface area contributed by atoms with Crippen LogP contribution in [0.2, 0.25) is 0 Å². The molecule has 0 spiro atoms. The molecule has 4 nitrogen and oxygen atoms in total. The van der Waals surface area contributed by atoms with Gasteiger partial charge in [-0.05, 0) is 28.7 Å². The van der Waals surface area contributed by atoms with E-state index < -0.39 is 16.5 Å². The molecule has 0 aromatic heterocycles. The fourth-order valence-corrected chi connectivity index (χ4v) is 2.00. The molecule has 0 saturated heterocycles. The van der Waals surface area contributed by atoms with Crippen LogP contribution in [0.3, 0.4) is 0 Å². The van der Waals surface area contributed by atoms with Gasteiger partial charge in [-0.3, -0.25) is 10.1 Å².